The summed E-state index contributed by atoms with van der Waals surface area (Å²) in [7, 11) is 0. The molecule has 0 aliphatic rings. The zero-order chi connectivity index (χ0) is 18.7. The molecular formula is C19H17ClN2O4. The number of carbonyl (C=O) groups excluding carboxylic acids is 2. The van der Waals surface area contributed by atoms with Crippen molar-refractivity contribution < 1.29 is 18.7 Å². The number of benzene rings is 1. The molecule has 0 radical (unpaired) electrons. The highest BCUT2D eigenvalue weighted by molar-refractivity contribution is 6.30. The first-order valence-corrected chi connectivity index (χ1v) is 8.34. The zero-order valence-electron chi connectivity index (χ0n) is 14.3. The van der Waals surface area contributed by atoms with E-state index in [1.54, 1.807) is 18.4 Å². The summed E-state index contributed by atoms with van der Waals surface area (Å²) in [5.74, 6) is -0.649. The lowest BCUT2D eigenvalue weighted by Crippen LogP contribution is -2.22. The van der Waals surface area contributed by atoms with Crippen LogP contribution in [0.25, 0.3) is 11.0 Å². The van der Waals surface area contributed by atoms with Crippen molar-refractivity contribution in [3.05, 3.63) is 58.4 Å². The number of nitrogens with zero attached hydrogens (tertiary/aromatic N) is 1. The molecule has 3 aromatic rings. The Morgan fingerprint density at radius 3 is 2.73 bits per heavy atom. The number of furan rings is 1. The first-order valence-electron chi connectivity index (χ1n) is 7.97. The van der Waals surface area contributed by atoms with Gasteiger partial charge in [-0.25, -0.2) is 4.98 Å². The van der Waals surface area contributed by atoms with E-state index in [0.29, 0.717) is 10.8 Å². The highest BCUT2D eigenvalue weighted by Crippen LogP contribution is 2.25. The number of amides is 1. The van der Waals surface area contributed by atoms with Gasteiger partial charge in [0.15, 0.2) is 6.61 Å². The van der Waals surface area contributed by atoms with Gasteiger partial charge in [0.25, 0.3) is 5.91 Å². The van der Waals surface area contributed by atoms with E-state index < -0.39 is 18.5 Å². The topological polar surface area (TPSA) is 81.4 Å². The fraction of sp³-hybridized carbons (Fsp3) is 0.211. The van der Waals surface area contributed by atoms with E-state index in [-0.39, 0.29) is 6.42 Å². The van der Waals surface area contributed by atoms with Gasteiger partial charge in [-0.3, -0.25) is 9.59 Å². The number of fused-ring (bicyclic) bond motifs is 1. The van der Waals surface area contributed by atoms with Crippen molar-refractivity contribution in [1.29, 1.82) is 0 Å². The summed E-state index contributed by atoms with van der Waals surface area (Å²) in [5, 5.41) is 3.86. The van der Waals surface area contributed by atoms with Crippen LogP contribution in [0.15, 0.2) is 41.1 Å². The van der Waals surface area contributed by atoms with E-state index in [0.717, 1.165) is 27.7 Å². The van der Waals surface area contributed by atoms with Crippen LogP contribution in [0, 0.1) is 13.8 Å². The summed E-state index contributed by atoms with van der Waals surface area (Å²) in [6.07, 6.45) is 2.99. The van der Waals surface area contributed by atoms with Gasteiger partial charge >= 0.3 is 5.97 Å². The second kappa shape index (κ2) is 7.58. The molecule has 1 aromatic carbocycles. The van der Waals surface area contributed by atoms with Gasteiger partial charge in [-0.05, 0) is 49.2 Å². The van der Waals surface area contributed by atoms with Crippen molar-refractivity contribution >= 4 is 40.3 Å². The third-order valence-electron chi connectivity index (χ3n) is 3.96. The summed E-state index contributed by atoms with van der Waals surface area (Å²) >= 11 is 5.73. The van der Waals surface area contributed by atoms with Gasteiger partial charge in [0.05, 0.1) is 17.7 Å². The van der Waals surface area contributed by atoms with Crippen LogP contribution in [0.2, 0.25) is 5.02 Å². The molecule has 134 valence electrons. The number of anilines is 1. The number of halogens is 1. The molecule has 0 atom stereocenters. The van der Waals surface area contributed by atoms with Crippen LogP contribution in [-0.4, -0.2) is 23.5 Å². The largest absolute Gasteiger partial charge is 0.464 e. The van der Waals surface area contributed by atoms with Crippen LogP contribution in [0.1, 0.15) is 16.7 Å². The summed E-state index contributed by atoms with van der Waals surface area (Å²) in [6.45, 7) is 3.61. The third kappa shape index (κ3) is 4.21. The molecule has 0 saturated carbocycles. The van der Waals surface area contributed by atoms with Gasteiger partial charge in [-0.1, -0.05) is 11.6 Å². The molecule has 0 unspecified atom stereocenters. The van der Waals surface area contributed by atoms with Crippen molar-refractivity contribution in [3.8, 4) is 0 Å². The van der Waals surface area contributed by atoms with Gasteiger partial charge in [0.1, 0.15) is 11.4 Å². The number of ether oxygens (including phenoxy) is 1. The Morgan fingerprint density at radius 2 is 2.00 bits per heavy atom. The number of pyridine rings is 1. The minimum atomic E-state index is -0.509. The Bertz CT molecular complexity index is 964. The Hall–Kier alpha value is -2.86. The monoisotopic (exact) mass is 372 g/mol. The number of hydrogen-bond donors (Lipinski definition) is 1. The third-order valence-corrected chi connectivity index (χ3v) is 4.19. The maximum atomic E-state index is 12.0. The quantitative estimate of drug-likeness (QED) is 0.688. The molecule has 26 heavy (non-hydrogen) atoms. The Morgan fingerprint density at radius 1 is 1.23 bits per heavy atom. The lowest BCUT2D eigenvalue weighted by atomic mass is 10.0. The maximum absolute atomic E-state index is 12.0. The Balaban J connectivity index is 1.56. The molecule has 0 aliphatic heterocycles. The average molecular weight is 373 g/mol. The standard InChI is InChI=1S/C19H17ClN2O4/c1-11-5-15-13(9-25-16(15)6-12(11)2)7-19(24)26-10-18(23)22-17-4-3-14(20)8-21-17/h3-6,8-9H,7,10H2,1-2H3,(H,21,22,23). The molecule has 1 N–H and O–H groups in total. The van der Waals surface area contributed by atoms with Crippen LogP contribution >= 0.6 is 11.6 Å². The zero-order valence-corrected chi connectivity index (χ0v) is 15.1. The van der Waals surface area contributed by atoms with Crippen LogP contribution in [0.5, 0.6) is 0 Å². The second-order valence-corrected chi connectivity index (χ2v) is 6.38. The molecular weight excluding hydrogens is 356 g/mol. The minimum Gasteiger partial charge on any atom is -0.464 e. The van der Waals surface area contributed by atoms with Gasteiger partial charge in [0.2, 0.25) is 0 Å². The highest BCUT2D eigenvalue weighted by atomic mass is 35.5. The fourth-order valence-electron chi connectivity index (χ4n) is 2.45. The Labute approximate surface area is 155 Å². The minimum absolute atomic E-state index is 0.0297. The molecule has 0 spiro atoms. The van der Waals surface area contributed by atoms with Crippen molar-refractivity contribution in [2.45, 2.75) is 20.3 Å². The van der Waals surface area contributed by atoms with Gasteiger partial charge < -0.3 is 14.5 Å². The summed E-state index contributed by atoms with van der Waals surface area (Å²) in [6, 6.07) is 7.08. The highest BCUT2D eigenvalue weighted by Gasteiger charge is 2.14. The molecule has 0 fully saturated rings. The predicted octanol–water partition coefficient (Wildman–Crippen LogP) is 3.82. The van der Waals surface area contributed by atoms with Crippen molar-refractivity contribution in [3.63, 3.8) is 0 Å². The van der Waals surface area contributed by atoms with E-state index in [1.807, 2.05) is 26.0 Å². The molecule has 2 aromatic heterocycles. The molecule has 6 nitrogen and oxygen atoms in total. The molecule has 0 bridgehead atoms. The van der Waals surface area contributed by atoms with E-state index in [4.69, 9.17) is 20.8 Å². The second-order valence-electron chi connectivity index (χ2n) is 5.94. The first-order chi connectivity index (χ1) is 12.4. The van der Waals surface area contributed by atoms with E-state index in [2.05, 4.69) is 10.3 Å². The van der Waals surface area contributed by atoms with Gasteiger partial charge in [-0.15, -0.1) is 0 Å². The molecule has 7 heteroatoms. The lowest BCUT2D eigenvalue weighted by Gasteiger charge is -2.06. The van der Waals surface area contributed by atoms with Crippen molar-refractivity contribution in [1.82, 2.24) is 4.98 Å². The number of nitrogens with one attached hydrogen (secondary N) is 1. The van der Waals surface area contributed by atoms with Crippen LogP contribution in [0.4, 0.5) is 5.82 Å². The smallest absolute Gasteiger partial charge is 0.310 e. The van der Waals surface area contributed by atoms with Crippen LogP contribution < -0.4 is 5.32 Å². The molecule has 0 saturated heterocycles. The number of hydrogen-bond acceptors (Lipinski definition) is 5. The molecule has 2 heterocycles. The maximum Gasteiger partial charge on any atom is 0.310 e. The summed E-state index contributed by atoms with van der Waals surface area (Å²) in [4.78, 5) is 27.8. The first kappa shape index (κ1) is 17.9. The van der Waals surface area contributed by atoms with E-state index in [9.17, 15) is 9.59 Å². The number of esters is 1. The van der Waals surface area contributed by atoms with Crippen molar-refractivity contribution in [2.24, 2.45) is 0 Å². The normalized spacial score (nSPS) is 10.7. The number of aryl methyl sites for hydroxylation is 2. The summed E-state index contributed by atoms with van der Waals surface area (Å²) in [5.41, 5.74) is 3.69. The van der Waals surface area contributed by atoms with E-state index in [1.165, 1.54) is 6.20 Å². The SMILES string of the molecule is Cc1cc2occ(CC(=O)OCC(=O)Nc3ccc(Cl)cn3)c2cc1C. The molecule has 1 amide bonds. The van der Waals surface area contributed by atoms with Gasteiger partial charge in [-0.2, -0.15) is 0 Å². The van der Waals surface area contributed by atoms with E-state index >= 15 is 0 Å². The fourth-order valence-corrected chi connectivity index (χ4v) is 2.57. The Kier molecular flexibility index (Phi) is 5.23. The molecule has 0 aliphatic carbocycles. The summed E-state index contributed by atoms with van der Waals surface area (Å²) < 4.78 is 10.5. The van der Waals surface area contributed by atoms with Gasteiger partial charge in [0, 0.05) is 17.1 Å². The number of rotatable bonds is 5. The van der Waals surface area contributed by atoms with Crippen LogP contribution in [-0.2, 0) is 20.7 Å². The lowest BCUT2D eigenvalue weighted by molar-refractivity contribution is -0.146. The molecule has 3 rings (SSSR count). The van der Waals surface area contributed by atoms with Crippen LogP contribution in [0.3, 0.4) is 0 Å². The predicted molar refractivity (Wildman–Crippen MR) is 98.2 cm³/mol. The number of carbonyl (C=O) groups is 2. The average Bonchev–Trinajstić information content (AvgIpc) is 2.97. The van der Waals surface area contributed by atoms with Crippen molar-refractivity contribution in [2.75, 3.05) is 11.9 Å². The number of aromatic nitrogens is 1.